The van der Waals surface area contributed by atoms with Gasteiger partial charge in [0.15, 0.2) is 17.2 Å². The van der Waals surface area contributed by atoms with Gasteiger partial charge >= 0.3 is 0 Å². The minimum absolute atomic E-state index is 0.105. The van der Waals surface area contributed by atoms with E-state index in [4.69, 9.17) is 18.5 Å². The molecule has 1 amide bonds. The number of nitrogens with one attached hydrogen (secondary N) is 1. The molecule has 0 spiro atoms. The molecule has 0 aliphatic carbocycles. The van der Waals surface area contributed by atoms with E-state index in [0.29, 0.717) is 66.1 Å². The third-order valence-electron chi connectivity index (χ3n) is 6.98. The third-order valence-corrected chi connectivity index (χ3v) is 6.98. The highest BCUT2D eigenvalue weighted by Crippen LogP contribution is 2.44. The van der Waals surface area contributed by atoms with Crippen LogP contribution in [0.4, 0.5) is 0 Å². The van der Waals surface area contributed by atoms with Crippen molar-refractivity contribution in [3.63, 3.8) is 0 Å². The molecule has 0 fully saturated rings. The largest absolute Gasteiger partial charge is 0.488 e. The van der Waals surface area contributed by atoms with Gasteiger partial charge in [-0.2, -0.15) is 0 Å². The molecule has 0 saturated carbocycles. The molecule has 1 N–H and O–H groups in total. The average Bonchev–Trinajstić information content (AvgIpc) is 3.66. The molecule has 0 radical (unpaired) electrons. The summed E-state index contributed by atoms with van der Waals surface area (Å²) in [6, 6.07) is 25.6. The zero-order chi connectivity index (χ0) is 31.1. The van der Waals surface area contributed by atoms with Crippen molar-refractivity contribution < 1.29 is 23.3 Å². The summed E-state index contributed by atoms with van der Waals surface area (Å²) in [6.45, 7) is 7.76. The first kappa shape index (κ1) is 30.6. The standard InChI is InChI=1S/C35H38N4O5/c1-6-36-35(40)33-32(31-17-26(37-43-31)20-39(4)5)34(44-38-33)28-18-27(23(2)3)29(41-21-24-13-9-7-10-14-24)19-30(28)42-22-25-15-11-8-12-16-25/h7-19,23H,6,20-22H2,1-5H3,(H,36,40). The van der Waals surface area contributed by atoms with Crippen molar-refractivity contribution in [2.24, 2.45) is 0 Å². The molecule has 44 heavy (non-hydrogen) atoms. The zero-order valence-corrected chi connectivity index (χ0v) is 25.8. The van der Waals surface area contributed by atoms with Gasteiger partial charge in [-0.25, -0.2) is 0 Å². The summed E-state index contributed by atoms with van der Waals surface area (Å²) >= 11 is 0. The van der Waals surface area contributed by atoms with Gasteiger partial charge < -0.3 is 28.7 Å². The van der Waals surface area contributed by atoms with Crippen molar-refractivity contribution in [1.29, 1.82) is 0 Å². The molecule has 0 aliphatic rings. The van der Waals surface area contributed by atoms with Crippen molar-refractivity contribution >= 4 is 5.91 Å². The number of rotatable bonds is 13. The summed E-state index contributed by atoms with van der Waals surface area (Å²) < 4.78 is 24.6. The van der Waals surface area contributed by atoms with Crippen molar-refractivity contribution in [1.82, 2.24) is 20.5 Å². The van der Waals surface area contributed by atoms with Crippen LogP contribution >= 0.6 is 0 Å². The monoisotopic (exact) mass is 594 g/mol. The Morgan fingerprint density at radius 1 is 0.864 bits per heavy atom. The van der Waals surface area contributed by atoms with Gasteiger partial charge in [0.1, 0.15) is 30.3 Å². The second kappa shape index (κ2) is 14.1. The van der Waals surface area contributed by atoms with Crippen molar-refractivity contribution in [2.45, 2.75) is 46.4 Å². The second-order valence-corrected chi connectivity index (χ2v) is 11.1. The maximum Gasteiger partial charge on any atom is 0.274 e. The number of carbonyl (C=O) groups excluding carboxylic acids is 1. The molecular formula is C35H38N4O5. The van der Waals surface area contributed by atoms with E-state index >= 15 is 0 Å². The fourth-order valence-corrected chi connectivity index (χ4v) is 4.85. The lowest BCUT2D eigenvalue weighted by molar-refractivity contribution is 0.0947. The number of aromatic nitrogens is 2. The number of hydrogen-bond acceptors (Lipinski definition) is 8. The molecule has 2 aromatic heterocycles. The van der Waals surface area contributed by atoms with Crippen LogP contribution in [0.3, 0.4) is 0 Å². The van der Waals surface area contributed by atoms with Crippen molar-refractivity contribution in [3.8, 4) is 34.1 Å². The number of ether oxygens (including phenoxy) is 2. The molecule has 0 unspecified atom stereocenters. The van der Waals surface area contributed by atoms with Gasteiger partial charge in [-0.3, -0.25) is 4.79 Å². The van der Waals surface area contributed by atoms with E-state index in [1.54, 1.807) is 0 Å². The molecule has 9 nitrogen and oxygen atoms in total. The lowest BCUT2D eigenvalue weighted by Crippen LogP contribution is -2.23. The first-order valence-electron chi connectivity index (χ1n) is 14.7. The van der Waals surface area contributed by atoms with Crippen LogP contribution in [0.1, 0.15) is 59.6 Å². The Bertz CT molecular complexity index is 1680. The fraction of sp³-hybridized carbons (Fsp3) is 0.286. The summed E-state index contributed by atoms with van der Waals surface area (Å²) in [5.74, 6) is 1.68. The van der Waals surface area contributed by atoms with E-state index in [9.17, 15) is 4.79 Å². The van der Waals surface area contributed by atoms with Gasteiger partial charge in [0.05, 0.1) is 11.3 Å². The van der Waals surface area contributed by atoms with Gasteiger partial charge in [-0.15, -0.1) is 0 Å². The minimum Gasteiger partial charge on any atom is -0.488 e. The van der Waals surface area contributed by atoms with E-state index in [1.807, 2.05) is 105 Å². The van der Waals surface area contributed by atoms with E-state index in [0.717, 1.165) is 16.7 Å². The Labute approximate surface area is 257 Å². The molecule has 228 valence electrons. The Morgan fingerprint density at radius 2 is 1.50 bits per heavy atom. The van der Waals surface area contributed by atoms with E-state index in [-0.39, 0.29) is 17.5 Å². The predicted molar refractivity (Wildman–Crippen MR) is 168 cm³/mol. The van der Waals surface area contributed by atoms with Gasteiger partial charge in [-0.1, -0.05) is 84.8 Å². The lowest BCUT2D eigenvalue weighted by atomic mass is 9.95. The lowest BCUT2D eigenvalue weighted by Gasteiger charge is -2.19. The molecule has 2 heterocycles. The summed E-state index contributed by atoms with van der Waals surface area (Å²) in [6.07, 6.45) is 0. The Balaban J connectivity index is 1.64. The van der Waals surface area contributed by atoms with Crippen LogP contribution in [0, 0.1) is 0 Å². The second-order valence-electron chi connectivity index (χ2n) is 11.1. The molecule has 3 aromatic carbocycles. The normalized spacial score (nSPS) is 11.2. The summed E-state index contributed by atoms with van der Waals surface area (Å²) in [4.78, 5) is 15.1. The summed E-state index contributed by atoms with van der Waals surface area (Å²) in [5, 5.41) is 11.3. The summed E-state index contributed by atoms with van der Waals surface area (Å²) in [7, 11) is 3.90. The smallest absolute Gasteiger partial charge is 0.274 e. The highest BCUT2D eigenvalue weighted by molar-refractivity contribution is 6.01. The molecule has 0 atom stereocenters. The number of nitrogens with zero attached hydrogens (tertiary/aromatic N) is 3. The minimum atomic E-state index is -0.373. The fourth-order valence-electron chi connectivity index (χ4n) is 4.85. The van der Waals surface area contributed by atoms with E-state index in [2.05, 4.69) is 29.5 Å². The van der Waals surface area contributed by atoms with E-state index in [1.165, 1.54) is 0 Å². The van der Waals surface area contributed by atoms with Crippen LogP contribution in [0.15, 0.2) is 87.9 Å². The molecule has 0 bridgehead atoms. The number of hydrogen-bond donors (Lipinski definition) is 1. The predicted octanol–water partition coefficient (Wildman–Crippen LogP) is 7.09. The molecule has 0 saturated heterocycles. The Hall–Kier alpha value is -4.89. The number of benzene rings is 3. The Morgan fingerprint density at radius 3 is 2.09 bits per heavy atom. The van der Waals surface area contributed by atoms with Crippen molar-refractivity contribution in [3.05, 3.63) is 107 Å². The quantitative estimate of drug-likeness (QED) is 0.154. The van der Waals surface area contributed by atoms with Gasteiger partial charge in [0.25, 0.3) is 5.91 Å². The number of carbonyl (C=O) groups is 1. The topological polar surface area (TPSA) is 103 Å². The van der Waals surface area contributed by atoms with Crippen LogP contribution in [0.5, 0.6) is 11.5 Å². The maximum absolute atomic E-state index is 13.2. The highest BCUT2D eigenvalue weighted by atomic mass is 16.5. The maximum atomic E-state index is 13.2. The molecular weight excluding hydrogens is 556 g/mol. The van der Waals surface area contributed by atoms with Gasteiger partial charge in [-0.05, 0) is 49.7 Å². The molecule has 0 aliphatic heterocycles. The molecule has 5 aromatic rings. The van der Waals surface area contributed by atoms with Crippen LogP contribution in [0.25, 0.3) is 22.6 Å². The van der Waals surface area contributed by atoms with Gasteiger partial charge in [0.2, 0.25) is 0 Å². The first-order chi connectivity index (χ1) is 21.3. The van der Waals surface area contributed by atoms with E-state index < -0.39 is 0 Å². The average molecular weight is 595 g/mol. The SMILES string of the molecule is CCNC(=O)c1noc(-c2cc(C(C)C)c(OCc3ccccc3)cc2OCc2ccccc2)c1-c1cc(CN(C)C)no1. The first-order valence-corrected chi connectivity index (χ1v) is 14.7. The molecule has 5 rings (SSSR count). The van der Waals surface area contributed by atoms with Crippen LogP contribution in [0.2, 0.25) is 0 Å². The van der Waals surface area contributed by atoms with Crippen molar-refractivity contribution in [2.75, 3.05) is 20.6 Å². The zero-order valence-electron chi connectivity index (χ0n) is 25.8. The molecule has 9 heteroatoms. The van der Waals surface area contributed by atoms with Crippen LogP contribution in [-0.4, -0.2) is 41.8 Å². The highest BCUT2D eigenvalue weighted by Gasteiger charge is 2.30. The van der Waals surface area contributed by atoms with Crippen LogP contribution < -0.4 is 14.8 Å². The third kappa shape index (κ3) is 7.18. The van der Waals surface area contributed by atoms with Gasteiger partial charge in [0, 0.05) is 25.2 Å². The van der Waals surface area contributed by atoms with Crippen LogP contribution in [-0.2, 0) is 19.8 Å². The number of amides is 1. The summed E-state index contributed by atoms with van der Waals surface area (Å²) in [5.41, 5.74) is 4.87. The Kier molecular flexibility index (Phi) is 9.76.